The Hall–Kier alpha value is -1.10. The lowest BCUT2D eigenvalue weighted by Crippen LogP contribution is -2.49. The van der Waals surface area contributed by atoms with Gasteiger partial charge >= 0.3 is 5.97 Å². The fraction of sp³-hybridized carbons (Fsp3) is 0.833. The molecule has 0 radical (unpaired) electrons. The van der Waals surface area contributed by atoms with Crippen LogP contribution in [-0.4, -0.2) is 47.6 Å². The molecule has 2 aliphatic rings. The monoisotopic (exact) mass is 240 g/mol. The summed E-state index contributed by atoms with van der Waals surface area (Å²) in [5.41, 5.74) is -0.372. The van der Waals surface area contributed by atoms with Crippen LogP contribution in [0.25, 0.3) is 0 Å². The number of aliphatic carboxylic acids is 1. The third kappa shape index (κ3) is 2.77. The second-order valence-electron chi connectivity index (χ2n) is 5.37. The summed E-state index contributed by atoms with van der Waals surface area (Å²) >= 11 is 0. The Morgan fingerprint density at radius 3 is 2.41 bits per heavy atom. The molecule has 0 aromatic heterocycles. The standard InChI is InChI=1S/C12H20N2O3/c1-12(4-6-13-7-5-12)11(17)14(8-10(15)16)9-2-3-9/h9,13H,2-8H2,1H3,(H,15,16). The third-order valence-electron chi connectivity index (χ3n) is 3.78. The second-order valence-corrected chi connectivity index (χ2v) is 5.37. The smallest absolute Gasteiger partial charge is 0.323 e. The zero-order valence-electron chi connectivity index (χ0n) is 10.2. The third-order valence-corrected chi connectivity index (χ3v) is 3.78. The average Bonchev–Trinajstić information content (AvgIpc) is 3.09. The van der Waals surface area contributed by atoms with E-state index in [2.05, 4.69) is 5.32 Å². The van der Waals surface area contributed by atoms with E-state index in [1.165, 1.54) is 0 Å². The maximum atomic E-state index is 12.5. The van der Waals surface area contributed by atoms with Crippen LogP contribution < -0.4 is 5.32 Å². The molecule has 1 aliphatic heterocycles. The van der Waals surface area contributed by atoms with Crippen molar-refractivity contribution in [2.45, 2.75) is 38.6 Å². The number of amides is 1. The first-order valence-corrected chi connectivity index (χ1v) is 6.26. The second kappa shape index (κ2) is 4.64. The lowest BCUT2D eigenvalue weighted by molar-refractivity contribution is -0.151. The highest BCUT2D eigenvalue weighted by molar-refractivity contribution is 5.86. The fourth-order valence-electron chi connectivity index (χ4n) is 2.44. The maximum Gasteiger partial charge on any atom is 0.323 e. The van der Waals surface area contributed by atoms with Crippen molar-refractivity contribution in [2.24, 2.45) is 5.41 Å². The van der Waals surface area contributed by atoms with Gasteiger partial charge in [0.2, 0.25) is 5.91 Å². The number of carboxylic acid groups (broad SMARTS) is 1. The predicted molar refractivity (Wildman–Crippen MR) is 62.6 cm³/mol. The molecule has 1 saturated carbocycles. The van der Waals surface area contributed by atoms with Gasteiger partial charge in [-0.3, -0.25) is 9.59 Å². The number of rotatable bonds is 4. The van der Waals surface area contributed by atoms with Crippen LogP contribution >= 0.6 is 0 Å². The zero-order valence-corrected chi connectivity index (χ0v) is 10.2. The first-order chi connectivity index (χ1) is 8.03. The summed E-state index contributed by atoms with van der Waals surface area (Å²) in [5.74, 6) is -0.883. The highest BCUT2D eigenvalue weighted by Gasteiger charge is 2.43. The summed E-state index contributed by atoms with van der Waals surface area (Å²) in [4.78, 5) is 24.9. The maximum absolute atomic E-state index is 12.5. The Balaban J connectivity index is 2.06. The molecule has 1 amide bonds. The van der Waals surface area contributed by atoms with Crippen molar-refractivity contribution in [3.05, 3.63) is 0 Å². The van der Waals surface area contributed by atoms with Crippen LogP contribution in [0, 0.1) is 5.41 Å². The van der Waals surface area contributed by atoms with Gasteiger partial charge in [-0.25, -0.2) is 0 Å². The normalized spacial score (nSPS) is 23.1. The highest BCUT2D eigenvalue weighted by Crippen LogP contribution is 2.35. The van der Waals surface area contributed by atoms with E-state index in [-0.39, 0.29) is 23.9 Å². The van der Waals surface area contributed by atoms with Crippen LogP contribution in [0.15, 0.2) is 0 Å². The van der Waals surface area contributed by atoms with Gasteiger partial charge in [0.25, 0.3) is 0 Å². The first kappa shape index (κ1) is 12.4. The van der Waals surface area contributed by atoms with Gasteiger partial charge in [-0.15, -0.1) is 0 Å². The van der Waals surface area contributed by atoms with E-state index >= 15 is 0 Å². The minimum absolute atomic E-state index is 0.0314. The van der Waals surface area contributed by atoms with Crippen LogP contribution in [0.5, 0.6) is 0 Å². The van der Waals surface area contributed by atoms with E-state index < -0.39 is 5.97 Å². The predicted octanol–water partition coefficient (Wildman–Crippen LogP) is 0.452. The molecule has 0 unspecified atom stereocenters. The summed E-state index contributed by atoms with van der Waals surface area (Å²) in [7, 11) is 0. The van der Waals surface area contributed by atoms with E-state index in [1.54, 1.807) is 4.90 Å². The summed E-state index contributed by atoms with van der Waals surface area (Å²) in [6, 6.07) is 0.172. The number of carboxylic acids is 1. The van der Waals surface area contributed by atoms with Gasteiger partial charge in [0, 0.05) is 11.5 Å². The lowest BCUT2D eigenvalue weighted by Gasteiger charge is -2.37. The molecule has 2 N–H and O–H groups in total. The molecule has 0 aromatic carbocycles. The van der Waals surface area contributed by atoms with E-state index in [1.807, 2.05) is 6.92 Å². The van der Waals surface area contributed by atoms with Crippen molar-refractivity contribution >= 4 is 11.9 Å². The molecule has 2 rings (SSSR count). The number of carbonyl (C=O) groups is 2. The molecule has 0 spiro atoms. The summed E-state index contributed by atoms with van der Waals surface area (Å²) in [6.07, 6.45) is 3.50. The van der Waals surface area contributed by atoms with Gasteiger partial charge in [0.15, 0.2) is 0 Å². The van der Waals surface area contributed by atoms with Crippen molar-refractivity contribution in [3.8, 4) is 0 Å². The Kier molecular flexibility index (Phi) is 3.38. The summed E-state index contributed by atoms with van der Waals surface area (Å²) in [6.45, 7) is 3.50. The Morgan fingerprint density at radius 1 is 1.35 bits per heavy atom. The molecule has 0 atom stereocenters. The molecule has 96 valence electrons. The topological polar surface area (TPSA) is 69.6 Å². The van der Waals surface area contributed by atoms with Crippen LogP contribution in [-0.2, 0) is 9.59 Å². The molecule has 1 saturated heterocycles. The van der Waals surface area contributed by atoms with Crippen molar-refractivity contribution in [1.29, 1.82) is 0 Å². The van der Waals surface area contributed by atoms with Crippen molar-refractivity contribution in [2.75, 3.05) is 19.6 Å². The largest absolute Gasteiger partial charge is 0.480 e. The molecule has 5 heteroatoms. The van der Waals surface area contributed by atoms with Crippen molar-refractivity contribution in [1.82, 2.24) is 10.2 Å². The van der Waals surface area contributed by atoms with Crippen molar-refractivity contribution < 1.29 is 14.7 Å². The molecular weight excluding hydrogens is 220 g/mol. The minimum atomic E-state index is -0.914. The summed E-state index contributed by atoms with van der Waals surface area (Å²) < 4.78 is 0. The Labute approximate surface area is 101 Å². The van der Waals surface area contributed by atoms with Crippen LogP contribution in [0.2, 0.25) is 0 Å². The van der Waals surface area contributed by atoms with Gasteiger partial charge in [0.05, 0.1) is 0 Å². The van der Waals surface area contributed by atoms with Crippen LogP contribution in [0.1, 0.15) is 32.6 Å². The molecule has 17 heavy (non-hydrogen) atoms. The van der Waals surface area contributed by atoms with E-state index in [0.29, 0.717) is 0 Å². The quantitative estimate of drug-likeness (QED) is 0.748. The Morgan fingerprint density at radius 2 is 1.94 bits per heavy atom. The molecule has 1 heterocycles. The van der Waals surface area contributed by atoms with Gasteiger partial charge in [-0.05, 0) is 38.8 Å². The van der Waals surface area contributed by atoms with Crippen LogP contribution in [0.4, 0.5) is 0 Å². The highest BCUT2D eigenvalue weighted by atomic mass is 16.4. The lowest BCUT2D eigenvalue weighted by atomic mass is 9.79. The zero-order chi connectivity index (χ0) is 12.5. The fourth-order valence-corrected chi connectivity index (χ4v) is 2.44. The SMILES string of the molecule is CC1(C(=O)N(CC(=O)O)C2CC2)CCNCC1. The molecular formula is C12H20N2O3. The number of hydrogen-bond acceptors (Lipinski definition) is 3. The van der Waals surface area contributed by atoms with Gasteiger partial charge in [0.1, 0.15) is 6.54 Å². The number of hydrogen-bond donors (Lipinski definition) is 2. The van der Waals surface area contributed by atoms with Crippen LogP contribution in [0.3, 0.4) is 0 Å². The number of piperidine rings is 1. The van der Waals surface area contributed by atoms with Gasteiger partial charge < -0.3 is 15.3 Å². The van der Waals surface area contributed by atoms with Gasteiger partial charge in [-0.2, -0.15) is 0 Å². The molecule has 5 nitrogen and oxygen atoms in total. The van der Waals surface area contributed by atoms with Crippen molar-refractivity contribution in [3.63, 3.8) is 0 Å². The van der Waals surface area contributed by atoms with E-state index in [0.717, 1.165) is 38.8 Å². The van der Waals surface area contributed by atoms with E-state index in [9.17, 15) is 9.59 Å². The average molecular weight is 240 g/mol. The number of nitrogens with zero attached hydrogens (tertiary/aromatic N) is 1. The molecule has 1 aliphatic carbocycles. The number of nitrogens with one attached hydrogen (secondary N) is 1. The molecule has 0 aromatic rings. The number of carbonyl (C=O) groups excluding carboxylic acids is 1. The Bertz CT molecular complexity index is 320. The minimum Gasteiger partial charge on any atom is -0.480 e. The first-order valence-electron chi connectivity index (χ1n) is 6.26. The summed E-state index contributed by atoms with van der Waals surface area (Å²) in [5, 5.41) is 12.1. The molecule has 0 bridgehead atoms. The van der Waals surface area contributed by atoms with Gasteiger partial charge in [-0.1, -0.05) is 6.92 Å². The van der Waals surface area contributed by atoms with E-state index in [4.69, 9.17) is 5.11 Å². The molecule has 2 fully saturated rings.